The third kappa shape index (κ3) is 5.01. The number of benzene rings is 3. The molecule has 4 nitrogen and oxygen atoms in total. The van der Waals surface area contributed by atoms with Crippen LogP contribution in [0.3, 0.4) is 0 Å². The van der Waals surface area contributed by atoms with Gasteiger partial charge >= 0.3 is 0 Å². The van der Waals surface area contributed by atoms with Crippen LogP contribution >= 0.6 is 15.9 Å². The molecule has 27 heavy (non-hydrogen) atoms. The first kappa shape index (κ1) is 19.2. The molecular formula is C22H23BrN2O2. The zero-order valence-electron chi connectivity index (χ0n) is 15.5. The number of carbonyl (C=O) groups is 1. The number of ether oxygens (including phenoxy) is 1. The van der Waals surface area contributed by atoms with E-state index in [4.69, 9.17) is 4.74 Å². The van der Waals surface area contributed by atoms with E-state index in [1.165, 1.54) is 0 Å². The maximum Gasteiger partial charge on any atom is 0.262 e. The largest absolute Gasteiger partial charge is 0.484 e. The number of hydrogen-bond donors (Lipinski definition) is 1. The van der Waals surface area contributed by atoms with E-state index in [0.29, 0.717) is 5.75 Å². The molecule has 0 radical (unpaired) electrons. The Morgan fingerprint density at radius 3 is 2.33 bits per heavy atom. The van der Waals surface area contributed by atoms with Gasteiger partial charge in [-0.3, -0.25) is 4.79 Å². The molecule has 0 aliphatic carbocycles. The molecule has 0 bridgehead atoms. The second-order valence-corrected chi connectivity index (χ2v) is 7.12. The minimum Gasteiger partial charge on any atom is -0.484 e. The van der Waals surface area contributed by atoms with Crippen LogP contribution in [0.1, 0.15) is 13.8 Å². The second-order valence-electron chi connectivity index (χ2n) is 6.21. The highest BCUT2D eigenvalue weighted by atomic mass is 79.9. The first-order valence-corrected chi connectivity index (χ1v) is 9.85. The van der Waals surface area contributed by atoms with Gasteiger partial charge in [-0.1, -0.05) is 28.1 Å². The van der Waals surface area contributed by atoms with Crippen LogP contribution in [0.5, 0.6) is 5.75 Å². The Morgan fingerprint density at radius 2 is 1.63 bits per heavy atom. The van der Waals surface area contributed by atoms with Gasteiger partial charge in [-0.15, -0.1) is 0 Å². The molecule has 0 heterocycles. The van der Waals surface area contributed by atoms with E-state index in [2.05, 4.69) is 40.0 Å². The summed E-state index contributed by atoms with van der Waals surface area (Å²) in [6.45, 7) is 6.14. The van der Waals surface area contributed by atoms with Gasteiger partial charge in [0.25, 0.3) is 5.91 Å². The van der Waals surface area contributed by atoms with Gasteiger partial charge < -0.3 is 15.0 Å². The molecule has 140 valence electrons. The first-order valence-electron chi connectivity index (χ1n) is 9.06. The summed E-state index contributed by atoms with van der Waals surface area (Å²) >= 11 is 3.47. The Balaban J connectivity index is 1.57. The monoisotopic (exact) mass is 426 g/mol. The summed E-state index contributed by atoms with van der Waals surface area (Å²) in [5.41, 5.74) is 1.92. The lowest BCUT2D eigenvalue weighted by molar-refractivity contribution is -0.118. The van der Waals surface area contributed by atoms with Crippen LogP contribution in [0.4, 0.5) is 11.4 Å². The van der Waals surface area contributed by atoms with E-state index in [-0.39, 0.29) is 12.5 Å². The number of rotatable bonds is 7. The van der Waals surface area contributed by atoms with Crippen LogP contribution in [0.2, 0.25) is 0 Å². The predicted molar refractivity (Wildman–Crippen MR) is 116 cm³/mol. The van der Waals surface area contributed by atoms with E-state index in [0.717, 1.165) is 39.7 Å². The smallest absolute Gasteiger partial charge is 0.262 e. The quantitative estimate of drug-likeness (QED) is 0.544. The number of amides is 1. The molecule has 0 spiro atoms. The van der Waals surface area contributed by atoms with E-state index < -0.39 is 0 Å². The van der Waals surface area contributed by atoms with Gasteiger partial charge in [0.05, 0.1) is 0 Å². The fourth-order valence-corrected chi connectivity index (χ4v) is 3.35. The van der Waals surface area contributed by atoms with Gasteiger partial charge in [-0.2, -0.15) is 0 Å². The number of carbonyl (C=O) groups excluding carboxylic acids is 1. The van der Waals surface area contributed by atoms with Crippen LogP contribution in [0, 0.1) is 0 Å². The van der Waals surface area contributed by atoms with Crippen molar-refractivity contribution in [2.45, 2.75) is 13.8 Å². The van der Waals surface area contributed by atoms with Gasteiger partial charge in [0.15, 0.2) is 6.61 Å². The number of fused-ring (bicyclic) bond motifs is 1. The molecule has 0 unspecified atom stereocenters. The number of anilines is 2. The van der Waals surface area contributed by atoms with Crippen molar-refractivity contribution in [1.82, 2.24) is 0 Å². The van der Waals surface area contributed by atoms with Gasteiger partial charge in [0.1, 0.15) is 5.75 Å². The molecule has 0 aliphatic heterocycles. The molecule has 0 saturated heterocycles. The van der Waals surface area contributed by atoms with Crippen LogP contribution in [-0.2, 0) is 4.79 Å². The van der Waals surface area contributed by atoms with Crippen molar-refractivity contribution in [2.75, 3.05) is 29.9 Å². The van der Waals surface area contributed by atoms with Gasteiger partial charge in [-0.05, 0) is 73.2 Å². The second kappa shape index (κ2) is 8.91. The molecule has 1 N–H and O–H groups in total. The lowest BCUT2D eigenvalue weighted by atomic mass is 10.1. The van der Waals surface area contributed by atoms with Crippen molar-refractivity contribution in [3.05, 3.63) is 65.1 Å². The molecule has 0 fully saturated rings. The van der Waals surface area contributed by atoms with Gasteiger partial charge in [0, 0.05) is 28.9 Å². The van der Waals surface area contributed by atoms with Crippen molar-refractivity contribution in [3.63, 3.8) is 0 Å². The van der Waals surface area contributed by atoms with Crippen LogP contribution < -0.4 is 15.0 Å². The Kier molecular flexibility index (Phi) is 6.35. The third-order valence-electron chi connectivity index (χ3n) is 4.42. The first-order chi connectivity index (χ1) is 13.1. The Morgan fingerprint density at radius 1 is 0.963 bits per heavy atom. The van der Waals surface area contributed by atoms with Crippen molar-refractivity contribution in [1.29, 1.82) is 0 Å². The van der Waals surface area contributed by atoms with Gasteiger partial charge in [0.2, 0.25) is 0 Å². The van der Waals surface area contributed by atoms with E-state index in [9.17, 15) is 4.79 Å². The summed E-state index contributed by atoms with van der Waals surface area (Å²) in [5, 5.41) is 5.06. The molecule has 3 aromatic rings. The summed E-state index contributed by atoms with van der Waals surface area (Å²) in [6, 6.07) is 19.7. The fourth-order valence-electron chi connectivity index (χ4n) is 2.97. The van der Waals surface area contributed by atoms with Crippen molar-refractivity contribution >= 4 is 44.0 Å². The summed E-state index contributed by atoms with van der Waals surface area (Å²) < 4.78 is 6.68. The Labute approximate surface area is 168 Å². The van der Waals surface area contributed by atoms with E-state index in [1.54, 1.807) is 0 Å². The minimum atomic E-state index is -0.179. The van der Waals surface area contributed by atoms with Crippen LogP contribution in [0.25, 0.3) is 10.8 Å². The average Bonchev–Trinajstić information content (AvgIpc) is 2.68. The molecule has 3 rings (SSSR count). The summed E-state index contributed by atoms with van der Waals surface area (Å²) in [6.07, 6.45) is 0. The minimum absolute atomic E-state index is 0.0279. The molecule has 1 amide bonds. The van der Waals surface area contributed by atoms with Crippen molar-refractivity contribution in [2.24, 2.45) is 0 Å². The fraction of sp³-hybridized carbons (Fsp3) is 0.227. The van der Waals surface area contributed by atoms with Crippen LogP contribution in [0.15, 0.2) is 65.1 Å². The lowest BCUT2D eigenvalue weighted by Gasteiger charge is -2.21. The van der Waals surface area contributed by atoms with Crippen molar-refractivity contribution < 1.29 is 9.53 Å². The predicted octanol–water partition coefficient (Wildman–Crippen LogP) is 5.47. The zero-order valence-corrected chi connectivity index (χ0v) is 17.1. The van der Waals surface area contributed by atoms with Gasteiger partial charge in [-0.25, -0.2) is 0 Å². The topological polar surface area (TPSA) is 41.6 Å². The standard InChI is InChI=1S/C22H23BrN2O2/c1-3-25(4-2)20-10-8-19(9-11-20)24-22(26)15-27-21-12-6-16-13-18(23)7-5-17(16)14-21/h5-14H,3-4,15H2,1-2H3,(H,24,26). The summed E-state index contributed by atoms with van der Waals surface area (Å²) in [7, 11) is 0. The van der Waals surface area contributed by atoms with Crippen molar-refractivity contribution in [3.8, 4) is 5.75 Å². The maximum absolute atomic E-state index is 12.2. The summed E-state index contributed by atoms with van der Waals surface area (Å²) in [4.78, 5) is 14.4. The normalized spacial score (nSPS) is 10.6. The molecular weight excluding hydrogens is 404 g/mol. The number of hydrogen-bond acceptors (Lipinski definition) is 3. The summed E-state index contributed by atoms with van der Waals surface area (Å²) in [5.74, 6) is 0.498. The molecule has 0 aromatic heterocycles. The molecule has 0 atom stereocenters. The third-order valence-corrected chi connectivity index (χ3v) is 4.92. The SMILES string of the molecule is CCN(CC)c1ccc(NC(=O)COc2ccc3cc(Br)ccc3c2)cc1. The zero-order chi connectivity index (χ0) is 19.2. The Hall–Kier alpha value is -2.53. The average molecular weight is 427 g/mol. The van der Waals surface area contributed by atoms with E-state index in [1.807, 2.05) is 60.7 Å². The van der Waals surface area contributed by atoms with E-state index >= 15 is 0 Å². The van der Waals surface area contributed by atoms with Crippen LogP contribution in [-0.4, -0.2) is 25.6 Å². The number of nitrogens with zero attached hydrogens (tertiary/aromatic N) is 1. The molecule has 5 heteroatoms. The number of nitrogens with one attached hydrogen (secondary N) is 1. The molecule has 3 aromatic carbocycles. The highest BCUT2D eigenvalue weighted by Gasteiger charge is 2.06. The number of halogens is 1. The highest BCUT2D eigenvalue weighted by Crippen LogP contribution is 2.24. The Bertz CT molecular complexity index is 921. The lowest BCUT2D eigenvalue weighted by Crippen LogP contribution is -2.22. The molecule has 0 saturated carbocycles. The highest BCUT2D eigenvalue weighted by molar-refractivity contribution is 9.10. The molecule has 0 aliphatic rings. The maximum atomic E-state index is 12.2.